The summed E-state index contributed by atoms with van der Waals surface area (Å²) in [5.41, 5.74) is 1.41. The quantitative estimate of drug-likeness (QED) is 0.448. The molecule has 0 spiro atoms. The lowest BCUT2D eigenvalue weighted by molar-refractivity contribution is -0.122. The Labute approximate surface area is 193 Å². The second-order valence-electron chi connectivity index (χ2n) is 7.26. The van der Waals surface area contributed by atoms with Crippen molar-refractivity contribution in [3.8, 4) is 5.75 Å². The van der Waals surface area contributed by atoms with E-state index in [0.29, 0.717) is 18.0 Å². The number of nitrogens with one attached hydrogen (secondary N) is 3. The number of sulfonamides is 1. The van der Waals surface area contributed by atoms with E-state index in [2.05, 4.69) is 15.4 Å². The zero-order valence-electron chi connectivity index (χ0n) is 18.2. The highest BCUT2D eigenvalue weighted by molar-refractivity contribution is 7.92. The molecule has 0 fully saturated rings. The summed E-state index contributed by atoms with van der Waals surface area (Å²) in [7, 11) is -2.41. The van der Waals surface area contributed by atoms with Crippen LogP contribution in [0.1, 0.15) is 22.8 Å². The Kier molecular flexibility index (Phi) is 7.68. The van der Waals surface area contributed by atoms with Gasteiger partial charge in [0.25, 0.3) is 15.9 Å². The van der Waals surface area contributed by atoms with E-state index in [0.717, 1.165) is 5.56 Å². The molecule has 3 aromatic rings. The maximum atomic E-state index is 12.7. The number of ether oxygens (including phenoxy) is 1. The van der Waals surface area contributed by atoms with Crippen LogP contribution in [0.2, 0.25) is 0 Å². The van der Waals surface area contributed by atoms with Crippen LogP contribution in [0.15, 0.2) is 83.8 Å². The van der Waals surface area contributed by atoms with Gasteiger partial charge in [0.05, 0.1) is 12.0 Å². The molecule has 0 radical (unpaired) electrons. The van der Waals surface area contributed by atoms with Gasteiger partial charge >= 0.3 is 0 Å². The smallest absolute Gasteiger partial charge is 0.261 e. The van der Waals surface area contributed by atoms with Crippen LogP contribution >= 0.6 is 0 Å². The Balaban J connectivity index is 1.63. The average molecular weight is 468 g/mol. The van der Waals surface area contributed by atoms with E-state index in [4.69, 9.17) is 4.74 Å². The third-order valence-corrected chi connectivity index (χ3v) is 6.18. The van der Waals surface area contributed by atoms with Gasteiger partial charge in [-0.05, 0) is 55.0 Å². The minimum atomic E-state index is -3.92. The SMILES string of the molecule is COc1ccc(NS(=O)(=O)c2cccc(C(=O)NC(C)C(=O)NCc3ccccc3)c2)cc1. The fourth-order valence-electron chi connectivity index (χ4n) is 2.96. The Morgan fingerprint density at radius 1 is 0.939 bits per heavy atom. The van der Waals surface area contributed by atoms with Gasteiger partial charge in [-0.2, -0.15) is 0 Å². The molecule has 33 heavy (non-hydrogen) atoms. The minimum Gasteiger partial charge on any atom is -0.497 e. The van der Waals surface area contributed by atoms with Gasteiger partial charge < -0.3 is 15.4 Å². The number of hydrogen-bond acceptors (Lipinski definition) is 5. The number of hydrogen-bond donors (Lipinski definition) is 3. The number of amides is 2. The lowest BCUT2D eigenvalue weighted by Crippen LogP contribution is -2.44. The minimum absolute atomic E-state index is 0.0767. The van der Waals surface area contributed by atoms with Crippen molar-refractivity contribution in [2.45, 2.75) is 24.4 Å². The first-order valence-corrected chi connectivity index (χ1v) is 11.7. The summed E-state index contributed by atoms with van der Waals surface area (Å²) in [6, 6.07) is 20.6. The van der Waals surface area contributed by atoms with Crippen molar-refractivity contribution in [1.82, 2.24) is 10.6 Å². The van der Waals surface area contributed by atoms with Crippen LogP contribution in [-0.2, 0) is 21.4 Å². The molecule has 1 unspecified atom stereocenters. The third-order valence-electron chi connectivity index (χ3n) is 4.80. The molecule has 0 aliphatic heterocycles. The fraction of sp³-hybridized carbons (Fsp3) is 0.167. The van der Waals surface area contributed by atoms with Crippen molar-refractivity contribution >= 4 is 27.5 Å². The van der Waals surface area contributed by atoms with Gasteiger partial charge in [-0.3, -0.25) is 14.3 Å². The van der Waals surface area contributed by atoms with Crippen molar-refractivity contribution in [3.05, 3.63) is 90.0 Å². The van der Waals surface area contributed by atoms with Crippen LogP contribution < -0.4 is 20.1 Å². The third kappa shape index (κ3) is 6.56. The first kappa shape index (κ1) is 23.8. The molecule has 0 aromatic heterocycles. The van der Waals surface area contributed by atoms with Gasteiger partial charge in [0.2, 0.25) is 5.91 Å². The molecule has 9 heteroatoms. The lowest BCUT2D eigenvalue weighted by atomic mass is 10.2. The number of carbonyl (C=O) groups excluding carboxylic acids is 2. The summed E-state index contributed by atoms with van der Waals surface area (Å²) < 4.78 is 33.0. The van der Waals surface area contributed by atoms with E-state index in [-0.39, 0.29) is 16.4 Å². The van der Waals surface area contributed by atoms with Gasteiger partial charge in [0.1, 0.15) is 11.8 Å². The van der Waals surface area contributed by atoms with Crippen molar-refractivity contribution in [2.75, 3.05) is 11.8 Å². The maximum absolute atomic E-state index is 12.7. The molecule has 0 saturated heterocycles. The molecule has 1 atom stereocenters. The van der Waals surface area contributed by atoms with E-state index in [1.165, 1.54) is 31.4 Å². The van der Waals surface area contributed by atoms with Crippen LogP contribution in [0, 0.1) is 0 Å². The zero-order valence-corrected chi connectivity index (χ0v) is 19.1. The number of anilines is 1. The summed E-state index contributed by atoms with van der Waals surface area (Å²) in [6.45, 7) is 1.90. The summed E-state index contributed by atoms with van der Waals surface area (Å²) in [4.78, 5) is 24.9. The predicted octanol–water partition coefficient (Wildman–Crippen LogP) is 2.93. The average Bonchev–Trinajstić information content (AvgIpc) is 2.83. The van der Waals surface area contributed by atoms with Gasteiger partial charge in [-0.15, -0.1) is 0 Å². The number of benzene rings is 3. The summed E-state index contributed by atoms with van der Waals surface area (Å²) in [5, 5.41) is 5.35. The van der Waals surface area contributed by atoms with Crippen molar-refractivity contribution < 1.29 is 22.7 Å². The van der Waals surface area contributed by atoms with E-state index in [1.807, 2.05) is 30.3 Å². The number of methoxy groups -OCH3 is 1. The van der Waals surface area contributed by atoms with Crippen molar-refractivity contribution in [3.63, 3.8) is 0 Å². The van der Waals surface area contributed by atoms with Crippen LogP contribution in [-0.4, -0.2) is 33.4 Å². The van der Waals surface area contributed by atoms with E-state index < -0.39 is 22.0 Å². The molecule has 3 rings (SSSR count). The molecule has 2 amide bonds. The molecule has 0 bridgehead atoms. The highest BCUT2D eigenvalue weighted by atomic mass is 32.2. The van der Waals surface area contributed by atoms with Gasteiger partial charge in [0.15, 0.2) is 0 Å². The number of carbonyl (C=O) groups is 2. The van der Waals surface area contributed by atoms with Crippen LogP contribution in [0.25, 0.3) is 0 Å². The van der Waals surface area contributed by atoms with Gasteiger partial charge in [0, 0.05) is 17.8 Å². The summed E-state index contributed by atoms with van der Waals surface area (Å²) >= 11 is 0. The van der Waals surface area contributed by atoms with Crippen molar-refractivity contribution in [1.29, 1.82) is 0 Å². The monoisotopic (exact) mass is 467 g/mol. The largest absolute Gasteiger partial charge is 0.497 e. The standard InChI is InChI=1S/C24H25N3O5S/c1-17(23(28)25-16-18-7-4-3-5-8-18)26-24(29)19-9-6-10-22(15-19)33(30,31)27-20-11-13-21(32-2)14-12-20/h3-15,17,27H,16H2,1-2H3,(H,25,28)(H,26,29). The molecular formula is C24H25N3O5S. The Morgan fingerprint density at radius 2 is 1.64 bits per heavy atom. The van der Waals surface area contributed by atoms with Gasteiger partial charge in [-0.25, -0.2) is 8.42 Å². The Bertz CT molecular complexity index is 1210. The predicted molar refractivity (Wildman–Crippen MR) is 125 cm³/mol. The van der Waals surface area contributed by atoms with E-state index in [1.54, 1.807) is 31.2 Å². The Morgan fingerprint density at radius 3 is 2.30 bits per heavy atom. The molecular weight excluding hydrogens is 442 g/mol. The highest BCUT2D eigenvalue weighted by Crippen LogP contribution is 2.20. The fourth-order valence-corrected chi connectivity index (χ4v) is 4.07. The molecule has 0 saturated carbocycles. The summed E-state index contributed by atoms with van der Waals surface area (Å²) in [6.07, 6.45) is 0. The molecule has 0 aliphatic carbocycles. The molecule has 172 valence electrons. The first-order chi connectivity index (χ1) is 15.8. The first-order valence-electron chi connectivity index (χ1n) is 10.2. The van der Waals surface area contributed by atoms with Gasteiger partial charge in [-0.1, -0.05) is 36.4 Å². The Hall–Kier alpha value is -3.85. The van der Waals surface area contributed by atoms with Crippen LogP contribution in [0.5, 0.6) is 5.75 Å². The maximum Gasteiger partial charge on any atom is 0.261 e. The van der Waals surface area contributed by atoms with Crippen LogP contribution in [0.4, 0.5) is 5.69 Å². The van der Waals surface area contributed by atoms with E-state index >= 15 is 0 Å². The lowest BCUT2D eigenvalue weighted by Gasteiger charge is -2.15. The molecule has 0 aliphatic rings. The molecule has 8 nitrogen and oxygen atoms in total. The topological polar surface area (TPSA) is 114 Å². The van der Waals surface area contributed by atoms with Crippen LogP contribution in [0.3, 0.4) is 0 Å². The molecule has 3 N–H and O–H groups in total. The normalized spacial score (nSPS) is 11.8. The van der Waals surface area contributed by atoms with E-state index in [9.17, 15) is 18.0 Å². The summed E-state index contributed by atoms with van der Waals surface area (Å²) in [5.74, 6) is -0.311. The zero-order chi connectivity index (χ0) is 23.8. The second kappa shape index (κ2) is 10.6. The second-order valence-corrected chi connectivity index (χ2v) is 8.94. The van der Waals surface area contributed by atoms with Crippen molar-refractivity contribution in [2.24, 2.45) is 0 Å². The molecule has 3 aromatic carbocycles. The molecule has 0 heterocycles. The highest BCUT2D eigenvalue weighted by Gasteiger charge is 2.19. The number of rotatable bonds is 9.